The van der Waals surface area contributed by atoms with Crippen molar-refractivity contribution in [3.05, 3.63) is 0 Å². The zero-order valence-corrected chi connectivity index (χ0v) is 12.5. The first-order valence-corrected chi connectivity index (χ1v) is 8.50. The first-order chi connectivity index (χ1) is 9.81. The number of ether oxygens (including phenoxy) is 2. The summed E-state index contributed by atoms with van der Waals surface area (Å²) in [6.07, 6.45) is 8.79. The van der Waals surface area contributed by atoms with Crippen LogP contribution in [-0.2, 0) is 9.47 Å². The van der Waals surface area contributed by atoms with Crippen molar-refractivity contribution in [3.63, 3.8) is 0 Å². The summed E-state index contributed by atoms with van der Waals surface area (Å²) in [5.74, 6) is 0. The van der Waals surface area contributed by atoms with Gasteiger partial charge in [-0.3, -0.25) is 4.90 Å². The first-order valence-electron chi connectivity index (χ1n) is 8.50. The highest BCUT2D eigenvalue weighted by molar-refractivity contribution is 4.94. The van der Waals surface area contributed by atoms with Crippen molar-refractivity contribution in [3.8, 4) is 0 Å². The third-order valence-electron chi connectivity index (χ3n) is 5.57. The lowest BCUT2D eigenvalue weighted by Gasteiger charge is -2.43. The van der Waals surface area contributed by atoms with Crippen molar-refractivity contribution >= 4 is 0 Å². The van der Waals surface area contributed by atoms with Gasteiger partial charge in [0.05, 0.1) is 12.2 Å². The lowest BCUT2D eigenvalue weighted by molar-refractivity contribution is -0.0661. The Balaban J connectivity index is 1.38. The van der Waals surface area contributed by atoms with Gasteiger partial charge in [0.2, 0.25) is 0 Å². The average Bonchev–Trinajstić information content (AvgIpc) is 3.23. The zero-order valence-electron chi connectivity index (χ0n) is 12.5. The van der Waals surface area contributed by atoms with E-state index >= 15 is 0 Å². The van der Waals surface area contributed by atoms with Crippen LogP contribution in [0.3, 0.4) is 0 Å². The van der Waals surface area contributed by atoms with E-state index < -0.39 is 0 Å². The fourth-order valence-corrected chi connectivity index (χ4v) is 4.15. The highest BCUT2D eigenvalue weighted by Gasteiger charge is 2.40. The number of hydrogen-bond acceptors (Lipinski definition) is 4. The Hall–Kier alpha value is -0.160. The monoisotopic (exact) mass is 280 g/mol. The number of morpholine rings is 1. The maximum atomic E-state index is 5.98. The Morgan fingerprint density at radius 2 is 1.70 bits per heavy atom. The van der Waals surface area contributed by atoms with Crippen LogP contribution >= 0.6 is 0 Å². The first kappa shape index (κ1) is 13.5. The van der Waals surface area contributed by atoms with E-state index in [0.717, 1.165) is 32.3 Å². The van der Waals surface area contributed by atoms with Gasteiger partial charge >= 0.3 is 0 Å². The van der Waals surface area contributed by atoms with Crippen molar-refractivity contribution < 1.29 is 9.47 Å². The summed E-state index contributed by atoms with van der Waals surface area (Å²) in [6.45, 7) is 6.64. The maximum absolute atomic E-state index is 5.98. The second-order valence-electron chi connectivity index (χ2n) is 7.42. The number of fused-ring (bicyclic) bond motifs is 2. The van der Waals surface area contributed by atoms with Gasteiger partial charge in [0.1, 0.15) is 0 Å². The molecule has 1 saturated carbocycles. The third-order valence-corrected chi connectivity index (χ3v) is 5.57. The highest BCUT2D eigenvalue weighted by atomic mass is 16.5. The smallest absolute Gasteiger partial charge is 0.0707 e. The molecule has 2 atom stereocenters. The molecule has 0 spiro atoms. The van der Waals surface area contributed by atoms with E-state index in [4.69, 9.17) is 9.47 Å². The molecule has 4 heteroatoms. The van der Waals surface area contributed by atoms with Crippen LogP contribution in [0.4, 0.5) is 0 Å². The van der Waals surface area contributed by atoms with Crippen LogP contribution in [0, 0.1) is 5.41 Å². The van der Waals surface area contributed by atoms with Crippen LogP contribution in [0.15, 0.2) is 0 Å². The Morgan fingerprint density at radius 3 is 2.35 bits per heavy atom. The van der Waals surface area contributed by atoms with Gasteiger partial charge in [0.15, 0.2) is 0 Å². The molecule has 2 bridgehead atoms. The zero-order chi connectivity index (χ0) is 13.4. The van der Waals surface area contributed by atoms with E-state index in [1.807, 2.05) is 0 Å². The Morgan fingerprint density at radius 1 is 1.00 bits per heavy atom. The highest BCUT2D eigenvalue weighted by Crippen LogP contribution is 2.35. The topological polar surface area (TPSA) is 33.7 Å². The van der Waals surface area contributed by atoms with Gasteiger partial charge in [-0.2, -0.15) is 0 Å². The molecule has 4 rings (SSSR count). The Bertz CT molecular complexity index is 327. The molecule has 0 aromatic carbocycles. The number of nitrogens with zero attached hydrogens (tertiary/aromatic N) is 1. The molecule has 3 aliphatic heterocycles. The summed E-state index contributed by atoms with van der Waals surface area (Å²) in [5.41, 5.74) is 0.442. The van der Waals surface area contributed by atoms with E-state index in [1.54, 1.807) is 0 Å². The molecular weight excluding hydrogens is 252 g/mol. The molecule has 0 amide bonds. The lowest BCUT2D eigenvalue weighted by atomic mass is 9.79. The quantitative estimate of drug-likeness (QED) is 0.825. The lowest BCUT2D eigenvalue weighted by Crippen LogP contribution is -2.52. The van der Waals surface area contributed by atoms with Crippen molar-refractivity contribution in [1.29, 1.82) is 0 Å². The minimum atomic E-state index is 0.442. The van der Waals surface area contributed by atoms with Crippen LogP contribution in [0.1, 0.15) is 38.5 Å². The van der Waals surface area contributed by atoms with Crippen molar-refractivity contribution in [1.82, 2.24) is 10.2 Å². The molecule has 0 radical (unpaired) electrons. The normalized spacial score (nSPS) is 37.2. The molecule has 1 aliphatic carbocycles. The number of nitrogens with one attached hydrogen (secondary N) is 1. The van der Waals surface area contributed by atoms with Crippen LogP contribution in [0.25, 0.3) is 0 Å². The summed E-state index contributed by atoms with van der Waals surface area (Å²) in [5, 5.41) is 3.78. The Labute approximate surface area is 122 Å². The molecule has 4 aliphatic rings. The second kappa shape index (κ2) is 5.56. The van der Waals surface area contributed by atoms with Crippen molar-refractivity contribution in [2.75, 3.05) is 39.4 Å². The average molecular weight is 280 g/mol. The van der Waals surface area contributed by atoms with Crippen LogP contribution in [-0.4, -0.2) is 62.5 Å². The molecular formula is C16H28N2O2. The van der Waals surface area contributed by atoms with Gasteiger partial charge in [-0.05, 0) is 43.9 Å². The molecule has 3 saturated heterocycles. The number of likely N-dealkylation sites (tertiary alicyclic amines) is 1. The predicted molar refractivity (Wildman–Crippen MR) is 77.8 cm³/mol. The minimum Gasteiger partial charge on any atom is -0.381 e. The van der Waals surface area contributed by atoms with E-state index in [-0.39, 0.29) is 0 Å². The van der Waals surface area contributed by atoms with E-state index in [1.165, 1.54) is 51.6 Å². The molecule has 114 valence electrons. The molecule has 4 fully saturated rings. The predicted octanol–water partition coefficient (Wildman–Crippen LogP) is 1.40. The fraction of sp³-hybridized carbons (Fsp3) is 1.00. The molecule has 2 unspecified atom stereocenters. The van der Waals surface area contributed by atoms with Crippen LogP contribution in [0.2, 0.25) is 0 Å². The van der Waals surface area contributed by atoms with Gasteiger partial charge in [0, 0.05) is 45.4 Å². The van der Waals surface area contributed by atoms with Gasteiger partial charge in [0.25, 0.3) is 0 Å². The van der Waals surface area contributed by atoms with Crippen LogP contribution in [0.5, 0.6) is 0 Å². The largest absolute Gasteiger partial charge is 0.381 e. The van der Waals surface area contributed by atoms with Gasteiger partial charge in [-0.1, -0.05) is 0 Å². The molecule has 20 heavy (non-hydrogen) atoms. The summed E-state index contributed by atoms with van der Waals surface area (Å²) in [4.78, 5) is 2.69. The van der Waals surface area contributed by atoms with Gasteiger partial charge in [-0.25, -0.2) is 0 Å². The molecule has 0 aromatic rings. The summed E-state index contributed by atoms with van der Waals surface area (Å²) in [7, 11) is 0. The fourth-order valence-electron chi connectivity index (χ4n) is 4.15. The standard InChI is InChI=1S/C16H28N2O2/c1-2-13(1)17-11-16(5-7-19-8-6-16)12-18-9-14-3-4-15(10-18)20-14/h13-15,17H,1-12H2. The van der Waals surface area contributed by atoms with Crippen molar-refractivity contribution in [2.24, 2.45) is 5.41 Å². The molecule has 0 aromatic heterocycles. The van der Waals surface area contributed by atoms with Gasteiger partial charge < -0.3 is 14.8 Å². The summed E-state index contributed by atoms with van der Waals surface area (Å²) in [6, 6.07) is 0.815. The molecule has 3 heterocycles. The number of hydrogen-bond donors (Lipinski definition) is 1. The number of rotatable bonds is 5. The summed E-state index contributed by atoms with van der Waals surface area (Å²) < 4.78 is 11.6. The minimum absolute atomic E-state index is 0.442. The molecule has 1 N–H and O–H groups in total. The Kier molecular flexibility index (Phi) is 3.75. The molecule has 4 nitrogen and oxygen atoms in total. The van der Waals surface area contributed by atoms with E-state index in [2.05, 4.69) is 10.2 Å². The second-order valence-corrected chi connectivity index (χ2v) is 7.42. The van der Waals surface area contributed by atoms with Crippen molar-refractivity contribution in [2.45, 2.75) is 56.8 Å². The SMILES string of the molecule is C1CC(CNC2CC2)(CN2CC3CCC(C2)O3)CCO1. The summed E-state index contributed by atoms with van der Waals surface area (Å²) >= 11 is 0. The van der Waals surface area contributed by atoms with E-state index in [0.29, 0.717) is 17.6 Å². The third kappa shape index (κ3) is 3.03. The van der Waals surface area contributed by atoms with Crippen LogP contribution < -0.4 is 5.32 Å². The maximum Gasteiger partial charge on any atom is 0.0707 e. The van der Waals surface area contributed by atoms with Gasteiger partial charge in [-0.15, -0.1) is 0 Å². The van der Waals surface area contributed by atoms with E-state index in [9.17, 15) is 0 Å².